The van der Waals surface area contributed by atoms with Crippen molar-refractivity contribution in [2.75, 3.05) is 5.32 Å². The van der Waals surface area contributed by atoms with Gasteiger partial charge in [0.05, 0.1) is 0 Å². The lowest BCUT2D eigenvalue weighted by molar-refractivity contribution is -0.122. The van der Waals surface area contributed by atoms with Gasteiger partial charge in [-0.25, -0.2) is 0 Å². The molecule has 0 radical (unpaired) electrons. The molecule has 26 heavy (non-hydrogen) atoms. The highest BCUT2D eigenvalue weighted by Crippen LogP contribution is 2.47. The van der Waals surface area contributed by atoms with Gasteiger partial charge in [0.15, 0.2) is 0 Å². The number of anilines is 1. The highest BCUT2D eigenvalue weighted by atomic mass is 35.5. The van der Waals surface area contributed by atoms with Gasteiger partial charge >= 0.3 is 0 Å². The van der Waals surface area contributed by atoms with Crippen LogP contribution < -0.4 is 10.6 Å². The van der Waals surface area contributed by atoms with E-state index in [1.54, 1.807) is 0 Å². The third kappa shape index (κ3) is 4.85. The molecule has 0 bridgehead atoms. The zero-order valence-corrected chi connectivity index (χ0v) is 15.6. The van der Waals surface area contributed by atoms with Gasteiger partial charge in [-0.05, 0) is 54.2 Å². The number of amides is 2. The molecular formula is C21H23ClN2O2. The van der Waals surface area contributed by atoms with E-state index in [9.17, 15) is 9.59 Å². The molecule has 2 aromatic carbocycles. The smallest absolute Gasteiger partial charge is 0.224 e. The Kier molecular flexibility index (Phi) is 5.94. The van der Waals surface area contributed by atoms with Crippen molar-refractivity contribution in [2.24, 2.45) is 5.92 Å². The van der Waals surface area contributed by atoms with Crippen molar-refractivity contribution in [3.8, 4) is 0 Å². The Morgan fingerprint density at radius 3 is 2.65 bits per heavy atom. The summed E-state index contributed by atoms with van der Waals surface area (Å²) >= 11 is 5.91. The molecule has 1 aliphatic carbocycles. The molecule has 136 valence electrons. The average molecular weight is 371 g/mol. The predicted molar refractivity (Wildman–Crippen MR) is 104 cm³/mol. The van der Waals surface area contributed by atoms with Crippen LogP contribution in [0, 0.1) is 5.92 Å². The van der Waals surface area contributed by atoms with Gasteiger partial charge in [0, 0.05) is 29.6 Å². The lowest BCUT2D eigenvalue weighted by Crippen LogP contribution is -2.25. The minimum absolute atomic E-state index is 0.0115. The normalized spacial score (nSPS) is 18.2. The first-order chi connectivity index (χ1) is 12.6. The van der Waals surface area contributed by atoms with Crippen LogP contribution in [0.4, 0.5) is 5.69 Å². The fourth-order valence-corrected chi connectivity index (χ4v) is 3.22. The van der Waals surface area contributed by atoms with E-state index in [2.05, 4.69) is 10.6 Å². The third-order valence-corrected chi connectivity index (χ3v) is 4.83. The number of benzene rings is 2. The van der Waals surface area contributed by atoms with Crippen molar-refractivity contribution in [3.05, 3.63) is 64.7 Å². The maximum atomic E-state index is 12.4. The van der Waals surface area contributed by atoms with E-state index in [4.69, 9.17) is 11.6 Å². The molecule has 4 nitrogen and oxygen atoms in total. The molecule has 0 aromatic heterocycles. The van der Waals surface area contributed by atoms with Crippen LogP contribution in [0.3, 0.4) is 0 Å². The van der Waals surface area contributed by atoms with Crippen molar-refractivity contribution in [2.45, 2.75) is 38.6 Å². The number of nitrogens with one attached hydrogen (secondary N) is 2. The molecule has 0 spiro atoms. The summed E-state index contributed by atoms with van der Waals surface area (Å²) in [6, 6.07) is 15.3. The molecule has 3 rings (SSSR count). The van der Waals surface area contributed by atoms with E-state index in [0.29, 0.717) is 18.0 Å². The number of carbonyl (C=O) groups excluding carboxylic acids is 2. The first-order valence-electron chi connectivity index (χ1n) is 8.98. The second kappa shape index (κ2) is 8.37. The van der Waals surface area contributed by atoms with Gasteiger partial charge in [-0.3, -0.25) is 9.59 Å². The molecule has 5 heteroatoms. The molecular weight excluding hydrogens is 348 g/mol. The Labute approximate surface area is 158 Å². The molecule has 2 unspecified atom stereocenters. The molecule has 0 saturated heterocycles. The summed E-state index contributed by atoms with van der Waals surface area (Å²) in [5.74, 6) is 0.401. The fraction of sp³-hybridized carbons (Fsp3) is 0.333. The van der Waals surface area contributed by atoms with Crippen molar-refractivity contribution in [1.29, 1.82) is 0 Å². The van der Waals surface area contributed by atoms with Crippen molar-refractivity contribution >= 4 is 29.1 Å². The lowest BCUT2D eigenvalue weighted by atomic mass is 10.1. The molecule has 1 aliphatic rings. The zero-order valence-electron chi connectivity index (χ0n) is 14.8. The maximum absolute atomic E-state index is 12.4. The average Bonchev–Trinajstić information content (AvgIpc) is 3.42. The summed E-state index contributed by atoms with van der Waals surface area (Å²) in [7, 11) is 0. The van der Waals surface area contributed by atoms with Crippen LogP contribution in [0.1, 0.15) is 43.2 Å². The fourth-order valence-electron chi connectivity index (χ4n) is 3.09. The van der Waals surface area contributed by atoms with Gasteiger partial charge in [0.2, 0.25) is 11.8 Å². The number of rotatable bonds is 7. The molecule has 0 aliphatic heterocycles. The van der Waals surface area contributed by atoms with Gasteiger partial charge in [-0.1, -0.05) is 42.8 Å². The van der Waals surface area contributed by atoms with Crippen LogP contribution in [0.5, 0.6) is 0 Å². The summed E-state index contributed by atoms with van der Waals surface area (Å²) in [4.78, 5) is 24.1. The topological polar surface area (TPSA) is 58.2 Å². The molecule has 1 saturated carbocycles. The third-order valence-electron chi connectivity index (χ3n) is 4.58. The number of carbonyl (C=O) groups is 2. The minimum Gasteiger partial charge on any atom is -0.352 e. The molecule has 2 N–H and O–H groups in total. The van der Waals surface area contributed by atoms with Crippen molar-refractivity contribution in [1.82, 2.24) is 5.32 Å². The van der Waals surface area contributed by atoms with Crippen LogP contribution in [0.25, 0.3) is 0 Å². The number of halogens is 1. The SMILES string of the molecule is CCCC(=O)Nc1cccc(CNC(=O)C2CC2c2ccc(Cl)cc2)c1. The summed E-state index contributed by atoms with van der Waals surface area (Å²) in [5, 5.41) is 6.59. The first kappa shape index (κ1) is 18.5. The van der Waals surface area contributed by atoms with Crippen LogP contribution in [-0.4, -0.2) is 11.8 Å². The largest absolute Gasteiger partial charge is 0.352 e. The van der Waals surface area contributed by atoms with Crippen LogP contribution in [0.2, 0.25) is 5.02 Å². The number of hydrogen-bond donors (Lipinski definition) is 2. The van der Waals surface area contributed by atoms with Crippen molar-refractivity contribution < 1.29 is 9.59 Å². The van der Waals surface area contributed by atoms with Gasteiger partial charge in [0.25, 0.3) is 0 Å². The van der Waals surface area contributed by atoms with Crippen LogP contribution >= 0.6 is 11.6 Å². The second-order valence-corrected chi connectivity index (χ2v) is 7.15. The Bertz CT molecular complexity index is 789. The first-order valence-corrected chi connectivity index (χ1v) is 9.36. The maximum Gasteiger partial charge on any atom is 0.224 e. The van der Waals surface area contributed by atoms with Crippen LogP contribution in [-0.2, 0) is 16.1 Å². The zero-order chi connectivity index (χ0) is 18.5. The quantitative estimate of drug-likeness (QED) is 0.753. The van der Waals surface area contributed by atoms with Gasteiger partial charge in [0.1, 0.15) is 0 Å². The Morgan fingerprint density at radius 1 is 1.15 bits per heavy atom. The second-order valence-electron chi connectivity index (χ2n) is 6.72. The summed E-state index contributed by atoms with van der Waals surface area (Å²) in [6.07, 6.45) is 2.20. The predicted octanol–water partition coefficient (Wildman–Crippen LogP) is 4.50. The van der Waals surface area contributed by atoms with E-state index in [1.165, 1.54) is 0 Å². The molecule has 2 atom stereocenters. The molecule has 0 heterocycles. The van der Waals surface area contributed by atoms with Gasteiger partial charge < -0.3 is 10.6 Å². The summed E-state index contributed by atoms with van der Waals surface area (Å²) in [5.41, 5.74) is 2.90. The Hall–Kier alpha value is -2.33. The molecule has 1 fully saturated rings. The van der Waals surface area contributed by atoms with Crippen molar-refractivity contribution in [3.63, 3.8) is 0 Å². The lowest BCUT2D eigenvalue weighted by Gasteiger charge is -2.09. The summed E-state index contributed by atoms with van der Waals surface area (Å²) < 4.78 is 0. The monoisotopic (exact) mass is 370 g/mol. The molecule has 2 amide bonds. The van der Waals surface area contributed by atoms with Crippen LogP contribution in [0.15, 0.2) is 48.5 Å². The highest BCUT2D eigenvalue weighted by Gasteiger charge is 2.43. The van der Waals surface area contributed by atoms with E-state index in [1.807, 2.05) is 55.5 Å². The Morgan fingerprint density at radius 2 is 1.92 bits per heavy atom. The highest BCUT2D eigenvalue weighted by molar-refractivity contribution is 6.30. The van der Waals surface area contributed by atoms with Gasteiger partial charge in [-0.15, -0.1) is 0 Å². The van der Waals surface area contributed by atoms with E-state index >= 15 is 0 Å². The number of hydrogen-bond acceptors (Lipinski definition) is 2. The standard InChI is InChI=1S/C21H23ClN2O2/c1-2-4-20(25)24-17-6-3-5-14(11-17)13-23-21(26)19-12-18(19)15-7-9-16(22)10-8-15/h3,5-11,18-19H,2,4,12-13H2,1H3,(H,23,26)(H,24,25). The van der Waals surface area contributed by atoms with E-state index in [0.717, 1.165) is 29.7 Å². The van der Waals surface area contributed by atoms with E-state index < -0.39 is 0 Å². The van der Waals surface area contributed by atoms with E-state index in [-0.39, 0.29) is 23.7 Å². The minimum atomic E-state index is 0.0115. The van der Waals surface area contributed by atoms with Gasteiger partial charge in [-0.2, -0.15) is 0 Å². The summed E-state index contributed by atoms with van der Waals surface area (Å²) in [6.45, 7) is 2.43. The Balaban J connectivity index is 1.51. The molecule has 2 aromatic rings.